The number of hydrogen-bond donors (Lipinski definition) is 1. The van der Waals surface area contributed by atoms with Crippen molar-refractivity contribution in [2.24, 2.45) is 5.41 Å². The van der Waals surface area contributed by atoms with Gasteiger partial charge in [0.15, 0.2) is 0 Å². The summed E-state index contributed by atoms with van der Waals surface area (Å²) in [6.07, 6.45) is 2.23. The summed E-state index contributed by atoms with van der Waals surface area (Å²) >= 11 is 5.98. The second kappa shape index (κ2) is 6.12. The fraction of sp³-hybridized carbons (Fsp3) is 0.600. The van der Waals surface area contributed by atoms with Crippen LogP contribution in [0, 0.1) is 5.41 Å². The Hall–Kier alpha value is -0.770. The number of nitrogens with zero attached hydrogens (tertiary/aromatic N) is 1. The zero-order valence-corrected chi connectivity index (χ0v) is 12.4. The number of aliphatic hydroxyl groups is 1. The molecular weight excluding hydrogens is 262 g/mol. The van der Waals surface area contributed by atoms with Crippen LogP contribution in [0.2, 0.25) is 5.02 Å². The first-order valence-electron chi connectivity index (χ1n) is 6.72. The molecule has 1 aliphatic heterocycles. The lowest BCUT2D eigenvalue weighted by Crippen LogP contribution is -2.43. The van der Waals surface area contributed by atoms with Gasteiger partial charge < -0.3 is 9.84 Å². The van der Waals surface area contributed by atoms with E-state index in [0.717, 1.165) is 43.8 Å². The predicted molar refractivity (Wildman–Crippen MR) is 77.7 cm³/mol. The molecule has 0 unspecified atom stereocenters. The minimum atomic E-state index is 0.0257. The summed E-state index contributed by atoms with van der Waals surface area (Å²) < 4.78 is 5.39. The van der Waals surface area contributed by atoms with E-state index in [0.29, 0.717) is 5.02 Å². The number of hydrogen-bond acceptors (Lipinski definition) is 3. The highest BCUT2D eigenvalue weighted by Crippen LogP contribution is 2.31. The van der Waals surface area contributed by atoms with Crippen LogP contribution < -0.4 is 4.74 Å². The molecule has 3 nitrogen and oxygen atoms in total. The van der Waals surface area contributed by atoms with Crippen molar-refractivity contribution in [2.75, 3.05) is 26.8 Å². The quantitative estimate of drug-likeness (QED) is 0.922. The summed E-state index contributed by atoms with van der Waals surface area (Å²) in [7, 11) is 1.67. The minimum absolute atomic E-state index is 0.0257. The fourth-order valence-corrected chi connectivity index (χ4v) is 2.94. The van der Waals surface area contributed by atoms with Gasteiger partial charge in [0.2, 0.25) is 0 Å². The molecule has 1 aromatic rings. The van der Waals surface area contributed by atoms with E-state index in [-0.39, 0.29) is 12.0 Å². The maximum Gasteiger partial charge on any atom is 0.124 e. The molecule has 1 fully saturated rings. The number of ether oxygens (including phenoxy) is 1. The molecule has 0 saturated carbocycles. The van der Waals surface area contributed by atoms with Crippen LogP contribution in [0.15, 0.2) is 18.2 Å². The topological polar surface area (TPSA) is 32.7 Å². The number of halogens is 1. The molecule has 1 heterocycles. The van der Waals surface area contributed by atoms with Crippen LogP contribution in [0.3, 0.4) is 0 Å². The van der Waals surface area contributed by atoms with E-state index in [2.05, 4.69) is 11.8 Å². The van der Waals surface area contributed by atoms with Crippen molar-refractivity contribution in [1.29, 1.82) is 0 Å². The Bertz CT molecular complexity index is 438. The molecule has 106 valence electrons. The molecule has 4 heteroatoms. The standard InChI is InChI=1S/C15H22ClNO2/c1-15(11-18)6-3-7-17(10-15)9-12-4-5-13(16)8-14(12)19-2/h4-5,8,18H,3,6-7,9-11H2,1-2H3/t15-/m1/s1. The van der Waals surface area contributed by atoms with Gasteiger partial charge in [0.25, 0.3) is 0 Å². The van der Waals surface area contributed by atoms with Gasteiger partial charge in [-0.2, -0.15) is 0 Å². The molecule has 1 atom stereocenters. The minimum Gasteiger partial charge on any atom is -0.496 e. The highest BCUT2D eigenvalue weighted by atomic mass is 35.5. The Kier molecular flexibility index (Phi) is 4.71. The lowest BCUT2D eigenvalue weighted by molar-refractivity contribution is 0.0426. The van der Waals surface area contributed by atoms with E-state index in [1.54, 1.807) is 7.11 Å². The number of benzene rings is 1. The van der Waals surface area contributed by atoms with Crippen molar-refractivity contribution in [3.63, 3.8) is 0 Å². The molecule has 1 N–H and O–H groups in total. The van der Waals surface area contributed by atoms with E-state index >= 15 is 0 Å². The van der Waals surface area contributed by atoms with Crippen molar-refractivity contribution >= 4 is 11.6 Å². The van der Waals surface area contributed by atoms with Gasteiger partial charge in [0, 0.05) is 35.7 Å². The van der Waals surface area contributed by atoms with Crippen LogP contribution in [0.1, 0.15) is 25.3 Å². The van der Waals surface area contributed by atoms with Crippen molar-refractivity contribution in [1.82, 2.24) is 4.90 Å². The van der Waals surface area contributed by atoms with Crippen LogP contribution in [0.4, 0.5) is 0 Å². The fourth-order valence-electron chi connectivity index (χ4n) is 2.78. The van der Waals surface area contributed by atoms with Gasteiger partial charge in [-0.3, -0.25) is 4.90 Å². The summed E-state index contributed by atoms with van der Waals surface area (Å²) in [5, 5.41) is 10.2. The summed E-state index contributed by atoms with van der Waals surface area (Å²) in [4.78, 5) is 2.38. The molecule has 0 aliphatic carbocycles. The largest absolute Gasteiger partial charge is 0.496 e. The number of rotatable bonds is 4. The van der Waals surface area contributed by atoms with Crippen LogP contribution in [-0.2, 0) is 6.54 Å². The average molecular weight is 284 g/mol. The molecule has 19 heavy (non-hydrogen) atoms. The number of aliphatic hydroxyl groups excluding tert-OH is 1. The van der Waals surface area contributed by atoms with Crippen molar-refractivity contribution in [2.45, 2.75) is 26.3 Å². The van der Waals surface area contributed by atoms with Gasteiger partial charge >= 0.3 is 0 Å². The lowest BCUT2D eigenvalue weighted by Gasteiger charge is -2.39. The van der Waals surface area contributed by atoms with Crippen LogP contribution in [0.25, 0.3) is 0 Å². The van der Waals surface area contributed by atoms with Gasteiger partial charge in [-0.05, 0) is 31.5 Å². The second-order valence-electron chi connectivity index (χ2n) is 5.74. The molecule has 1 aliphatic rings. The second-order valence-corrected chi connectivity index (χ2v) is 6.18. The van der Waals surface area contributed by atoms with E-state index in [4.69, 9.17) is 16.3 Å². The SMILES string of the molecule is COc1cc(Cl)ccc1CN1CCC[C@@](C)(CO)C1. The van der Waals surface area contributed by atoms with Crippen LogP contribution in [-0.4, -0.2) is 36.8 Å². The Balaban J connectivity index is 2.08. The first kappa shape index (κ1) is 14.6. The molecule has 0 bridgehead atoms. The smallest absolute Gasteiger partial charge is 0.124 e. The van der Waals surface area contributed by atoms with Crippen molar-refractivity contribution < 1.29 is 9.84 Å². The third-order valence-corrected chi connectivity index (χ3v) is 4.12. The van der Waals surface area contributed by atoms with E-state index in [1.165, 1.54) is 0 Å². The molecule has 0 amide bonds. The number of piperidine rings is 1. The number of methoxy groups -OCH3 is 1. The van der Waals surface area contributed by atoms with Crippen molar-refractivity contribution in [3.8, 4) is 5.75 Å². The summed E-state index contributed by atoms with van der Waals surface area (Å²) in [6, 6.07) is 5.77. The molecule has 2 rings (SSSR count). The Morgan fingerprint density at radius 1 is 1.47 bits per heavy atom. The summed E-state index contributed by atoms with van der Waals surface area (Å²) in [5.41, 5.74) is 1.17. The summed E-state index contributed by atoms with van der Waals surface area (Å²) in [5.74, 6) is 0.837. The van der Waals surface area contributed by atoms with Crippen molar-refractivity contribution in [3.05, 3.63) is 28.8 Å². The maximum atomic E-state index is 9.50. The zero-order chi connectivity index (χ0) is 13.9. The average Bonchev–Trinajstić information content (AvgIpc) is 2.41. The normalized spacial score (nSPS) is 24.4. The predicted octanol–water partition coefficient (Wildman–Crippen LogP) is 2.94. The highest BCUT2D eigenvalue weighted by molar-refractivity contribution is 6.30. The third kappa shape index (κ3) is 3.62. The van der Waals surface area contributed by atoms with E-state index < -0.39 is 0 Å². The van der Waals surface area contributed by atoms with E-state index in [9.17, 15) is 5.11 Å². The van der Waals surface area contributed by atoms with E-state index in [1.807, 2.05) is 18.2 Å². The van der Waals surface area contributed by atoms with Crippen LogP contribution in [0.5, 0.6) is 5.75 Å². The first-order valence-corrected chi connectivity index (χ1v) is 7.10. The van der Waals surface area contributed by atoms with Gasteiger partial charge in [-0.1, -0.05) is 24.6 Å². The number of likely N-dealkylation sites (tertiary alicyclic amines) is 1. The Labute approximate surface area is 120 Å². The molecule has 1 aromatic carbocycles. The molecule has 1 saturated heterocycles. The summed E-state index contributed by atoms with van der Waals surface area (Å²) in [6.45, 7) is 5.24. The van der Waals surface area contributed by atoms with Gasteiger partial charge in [0.1, 0.15) is 5.75 Å². The molecule has 0 aromatic heterocycles. The monoisotopic (exact) mass is 283 g/mol. The molecule has 0 radical (unpaired) electrons. The Morgan fingerprint density at radius 2 is 2.26 bits per heavy atom. The molecular formula is C15H22ClNO2. The first-order chi connectivity index (χ1) is 9.06. The molecule has 0 spiro atoms. The van der Waals surface area contributed by atoms with Gasteiger partial charge in [-0.25, -0.2) is 0 Å². The maximum absolute atomic E-state index is 9.50. The van der Waals surface area contributed by atoms with Gasteiger partial charge in [0.05, 0.1) is 7.11 Å². The third-order valence-electron chi connectivity index (χ3n) is 3.88. The van der Waals surface area contributed by atoms with Gasteiger partial charge in [-0.15, -0.1) is 0 Å². The highest BCUT2D eigenvalue weighted by Gasteiger charge is 2.30. The Morgan fingerprint density at radius 3 is 2.95 bits per heavy atom. The van der Waals surface area contributed by atoms with Crippen LogP contribution >= 0.6 is 11.6 Å². The zero-order valence-electron chi connectivity index (χ0n) is 11.7. The lowest BCUT2D eigenvalue weighted by atomic mass is 9.82.